The van der Waals surface area contributed by atoms with E-state index in [1.807, 2.05) is 6.92 Å². The van der Waals surface area contributed by atoms with Gasteiger partial charge < -0.3 is 9.80 Å². The van der Waals surface area contributed by atoms with Crippen molar-refractivity contribution in [1.29, 1.82) is 0 Å². The lowest BCUT2D eigenvalue weighted by atomic mass is 9.77. The van der Waals surface area contributed by atoms with Gasteiger partial charge in [0.05, 0.1) is 0 Å². The Morgan fingerprint density at radius 3 is 2.37 bits per heavy atom. The minimum absolute atomic E-state index is 0.413. The Labute approximate surface area is 118 Å². The molecule has 0 N–H and O–H groups in total. The zero-order valence-corrected chi connectivity index (χ0v) is 13.0. The predicted octanol–water partition coefficient (Wildman–Crippen LogP) is 2.55. The van der Waals surface area contributed by atoms with Crippen molar-refractivity contribution in [2.24, 2.45) is 5.41 Å². The molecule has 0 aliphatic carbocycles. The van der Waals surface area contributed by atoms with Crippen LogP contribution in [0.2, 0.25) is 0 Å². The van der Waals surface area contributed by atoms with Crippen LogP contribution in [-0.4, -0.2) is 54.3 Å². The van der Waals surface area contributed by atoms with Gasteiger partial charge >= 0.3 is 0 Å². The van der Waals surface area contributed by atoms with Crippen molar-refractivity contribution >= 4 is 5.78 Å². The van der Waals surface area contributed by atoms with E-state index in [4.69, 9.17) is 0 Å². The highest BCUT2D eigenvalue weighted by atomic mass is 16.1. The molecule has 0 bridgehead atoms. The molecule has 2 heterocycles. The van der Waals surface area contributed by atoms with Crippen LogP contribution in [0.15, 0.2) is 0 Å². The van der Waals surface area contributed by atoms with Gasteiger partial charge in [-0.2, -0.15) is 0 Å². The Kier molecular flexibility index (Phi) is 5.02. The van der Waals surface area contributed by atoms with Crippen LogP contribution in [0.5, 0.6) is 0 Å². The number of hydrogen-bond donors (Lipinski definition) is 0. The third-order valence-electron chi connectivity index (χ3n) is 5.21. The summed E-state index contributed by atoms with van der Waals surface area (Å²) in [7, 11) is 0. The van der Waals surface area contributed by atoms with Gasteiger partial charge in [-0.15, -0.1) is 0 Å². The number of carbonyl (C=O) groups excluding carboxylic acids is 1. The van der Waals surface area contributed by atoms with Gasteiger partial charge in [-0.25, -0.2) is 0 Å². The fraction of sp³-hybridized carbons (Fsp3) is 0.938. The molecule has 0 radical (unpaired) electrons. The van der Waals surface area contributed by atoms with Crippen molar-refractivity contribution < 1.29 is 4.79 Å². The van der Waals surface area contributed by atoms with Crippen LogP contribution in [0, 0.1) is 5.41 Å². The smallest absolute Gasteiger partial charge is 0.133 e. The van der Waals surface area contributed by atoms with Crippen LogP contribution in [0.4, 0.5) is 0 Å². The highest BCUT2D eigenvalue weighted by Crippen LogP contribution is 2.40. The molecule has 0 saturated carbocycles. The van der Waals surface area contributed by atoms with Crippen molar-refractivity contribution in [2.75, 3.05) is 32.7 Å². The SMILES string of the molecule is CCC(=O)CCN1CCC2(CCN(C(C)C)CC2)C1. The van der Waals surface area contributed by atoms with E-state index in [1.165, 1.54) is 45.4 Å². The first-order valence-electron chi connectivity index (χ1n) is 8.03. The molecule has 3 nitrogen and oxygen atoms in total. The van der Waals surface area contributed by atoms with Gasteiger partial charge in [-0.05, 0) is 58.2 Å². The third-order valence-corrected chi connectivity index (χ3v) is 5.21. The topological polar surface area (TPSA) is 23.6 Å². The zero-order chi connectivity index (χ0) is 13.9. The van der Waals surface area contributed by atoms with E-state index in [-0.39, 0.29) is 0 Å². The average molecular weight is 266 g/mol. The Morgan fingerprint density at radius 2 is 1.79 bits per heavy atom. The molecular weight excluding hydrogens is 236 g/mol. The van der Waals surface area contributed by atoms with Crippen molar-refractivity contribution in [1.82, 2.24) is 9.80 Å². The Morgan fingerprint density at radius 1 is 1.16 bits per heavy atom. The van der Waals surface area contributed by atoms with Crippen LogP contribution in [-0.2, 0) is 4.79 Å². The van der Waals surface area contributed by atoms with Gasteiger partial charge in [0.15, 0.2) is 0 Å². The summed E-state index contributed by atoms with van der Waals surface area (Å²) in [4.78, 5) is 16.6. The van der Waals surface area contributed by atoms with Crippen LogP contribution in [0.1, 0.15) is 52.9 Å². The molecule has 0 unspecified atom stereocenters. The summed E-state index contributed by atoms with van der Waals surface area (Å²) >= 11 is 0. The molecule has 2 aliphatic heterocycles. The second kappa shape index (κ2) is 6.36. The molecule has 3 heteroatoms. The minimum atomic E-state index is 0.413. The molecule has 0 aromatic rings. The first kappa shape index (κ1) is 15.0. The summed E-state index contributed by atoms with van der Waals surface area (Å²) < 4.78 is 0. The second-order valence-electron chi connectivity index (χ2n) is 6.80. The molecular formula is C16H30N2O. The Bertz CT molecular complexity index is 306. The van der Waals surface area contributed by atoms with Crippen LogP contribution < -0.4 is 0 Å². The van der Waals surface area contributed by atoms with E-state index in [2.05, 4.69) is 23.6 Å². The summed E-state index contributed by atoms with van der Waals surface area (Å²) in [5, 5.41) is 0. The summed E-state index contributed by atoms with van der Waals surface area (Å²) in [5.41, 5.74) is 0.570. The lowest BCUT2D eigenvalue weighted by Gasteiger charge is -2.41. The number of nitrogens with zero attached hydrogens (tertiary/aromatic N) is 2. The van der Waals surface area contributed by atoms with Crippen LogP contribution >= 0.6 is 0 Å². The lowest BCUT2D eigenvalue weighted by molar-refractivity contribution is -0.119. The van der Waals surface area contributed by atoms with E-state index in [1.54, 1.807) is 0 Å². The van der Waals surface area contributed by atoms with Crippen molar-refractivity contribution in [3.05, 3.63) is 0 Å². The highest BCUT2D eigenvalue weighted by molar-refractivity contribution is 5.78. The maximum atomic E-state index is 11.4. The van der Waals surface area contributed by atoms with E-state index < -0.39 is 0 Å². The van der Waals surface area contributed by atoms with Gasteiger partial charge in [0.1, 0.15) is 5.78 Å². The largest absolute Gasteiger partial charge is 0.302 e. The fourth-order valence-electron chi connectivity index (χ4n) is 3.60. The minimum Gasteiger partial charge on any atom is -0.302 e. The molecule has 2 fully saturated rings. The van der Waals surface area contributed by atoms with E-state index in [0.29, 0.717) is 23.7 Å². The molecule has 2 aliphatic rings. The molecule has 0 aromatic carbocycles. The first-order chi connectivity index (χ1) is 9.04. The van der Waals surface area contributed by atoms with Crippen LogP contribution in [0.3, 0.4) is 0 Å². The Balaban J connectivity index is 1.77. The summed E-state index contributed by atoms with van der Waals surface area (Å²) in [6.07, 6.45) is 5.50. The standard InChI is InChI=1S/C16H30N2O/c1-4-15(19)5-9-17-10-6-16(13-17)7-11-18(12-8-16)14(2)3/h14H,4-13H2,1-3H3. The van der Waals surface area contributed by atoms with Crippen molar-refractivity contribution in [3.63, 3.8) is 0 Å². The first-order valence-corrected chi connectivity index (χ1v) is 8.03. The summed E-state index contributed by atoms with van der Waals surface area (Å²) in [5.74, 6) is 0.413. The number of piperidine rings is 1. The number of likely N-dealkylation sites (tertiary alicyclic amines) is 2. The maximum Gasteiger partial charge on any atom is 0.133 e. The summed E-state index contributed by atoms with van der Waals surface area (Å²) in [6, 6.07) is 0.692. The molecule has 110 valence electrons. The van der Waals surface area contributed by atoms with Gasteiger partial charge in [0.2, 0.25) is 0 Å². The maximum absolute atomic E-state index is 11.4. The van der Waals surface area contributed by atoms with E-state index >= 15 is 0 Å². The summed E-state index contributed by atoms with van der Waals surface area (Å²) in [6.45, 7) is 12.5. The van der Waals surface area contributed by atoms with Gasteiger partial charge in [-0.1, -0.05) is 6.92 Å². The molecule has 2 rings (SSSR count). The average Bonchev–Trinajstić information content (AvgIpc) is 2.79. The molecule has 0 aromatic heterocycles. The number of rotatable bonds is 5. The zero-order valence-electron chi connectivity index (χ0n) is 13.0. The molecule has 0 atom stereocenters. The van der Waals surface area contributed by atoms with Gasteiger partial charge in [0, 0.05) is 32.0 Å². The predicted molar refractivity (Wildman–Crippen MR) is 79.3 cm³/mol. The normalized spacial score (nSPS) is 24.4. The monoisotopic (exact) mass is 266 g/mol. The van der Waals surface area contributed by atoms with E-state index in [9.17, 15) is 4.79 Å². The number of Topliss-reactive ketones (excluding diaryl/α,β-unsaturated/α-hetero) is 1. The Hall–Kier alpha value is -0.410. The molecule has 19 heavy (non-hydrogen) atoms. The molecule has 2 saturated heterocycles. The molecule has 0 amide bonds. The highest BCUT2D eigenvalue weighted by Gasteiger charge is 2.40. The number of ketones is 1. The fourth-order valence-corrected chi connectivity index (χ4v) is 3.60. The van der Waals surface area contributed by atoms with Gasteiger partial charge in [0.25, 0.3) is 0 Å². The van der Waals surface area contributed by atoms with Crippen LogP contribution in [0.25, 0.3) is 0 Å². The lowest BCUT2D eigenvalue weighted by Crippen LogP contribution is -2.44. The van der Waals surface area contributed by atoms with Crippen molar-refractivity contribution in [2.45, 2.75) is 58.9 Å². The van der Waals surface area contributed by atoms with Crippen molar-refractivity contribution in [3.8, 4) is 0 Å². The van der Waals surface area contributed by atoms with Gasteiger partial charge in [-0.3, -0.25) is 4.79 Å². The number of carbonyl (C=O) groups is 1. The van der Waals surface area contributed by atoms with E-state index in [0.717, 1.165) is 13.0 Å². The second-order valence-corrected chi connectivity index (χ2v) is 6.80. The quantitative estimate of drug-likeness (QED) is 0.764. The number of hydrogen-bond acceptors (Lipinski definition) is 3. The third kappa shape index (κ3) is 3.79. The molecule has 1 spiro atoms.